The summed E-state index contributed by atoms with van der Waals surface area (Å²) in [6, 6.07) is 14.1. The Morgan fingerprint density at radius 2 is 1.75 bits per heavy atom. The van der Waals surface area contributed by atoms with Crippen molar-refractivity contribution in [2.75, 3.05) is 25.5 Å². The predicted molar refractivity (Wildman–Crippen MR) is 231 cm³/mol. The van der Waals surface area contributed by atoms with E-state index in [4.69, 9.17) is 19.1 Å². The van der Waals surface area contributed by atoms with Gasteiger partial charge in [0.05, 0.1) is 39.0 Å². The molecule has 1 aliphatic carbocycles. The SMILES string of the molecule is CC[S@](=N)(=O)c1ccc(-n2ccn(-c3c4c(nn3-c3cc(C)c(F)c(C)c3)CCN(C(=O)c3cc5cc(C6CCOCC6)ccc5n3[C@@]3(c5noc(=O)[nH]5)C[C@@H]3C)[C@H]4C)c2=O)cn1. The topological polar surface area (TPSA) is 192 Å². The Labute approximate surface area is 361 Å². The molecule has 16 nitrogen and oxygen atoms in total. The molecule has 0 spiro atoms. The maximum Gasteiger partial charge on any atom is 0.438 e. The molecule has 3 aliphatic rings. The molecule has 7 aromatic rings. The molecule has 0 unspecified atom stereocenters. The number of halogens is 1. The third-order valence-corrected chi connectivity index (χ3v) is 15.1. The fourth-order valence-electron chi connectivity index (χ4n) is 9.81. The number of aromatic amines is 1. The highest BCUT2D eigenvalue weighted by Gasteiger charge is 2.59. The summed E-state index contributed by atoms with van der Waals surface area (Å²) in [5.41, 5.74) is 4.23. The van der Waals surface area contributed by atoms with Crippen LogP contribution in [0.1, 0.15) is 96.3 Å². The molecular weight excluding hydrogens is 828 g/mol. The van der Waals surface area contributed by atoms with Crippen LogP contribution in [0.2, 0.25) is 0 Å². The second kappa shape index (κ2) is 14.9. The van der Waals surface area contributed by atoms with E-state index in [9.17, 15) is 13.8 Å². The summed E-state index contributed by atoms with van der Waals surface area (Å²) in [5, 5.41) is 10.2. The number of aromatic nitrogens is 8. The molecule has 1 amide bonds. The number of benzene rings is 2. The number of aryl methyl sites for hydroxylation is 2. The van der Waals surface area contributed by atoms with Crippen LogP contribution in [-0.2, 0) is 26.4 Å². The van der Waals surface area contributed by atoms with Gasteiger partial charge in [-0.2, -0.15) is 5.10 Å². The van der Waals surface area contributed by atoms with E-state index in [2.05, 4.69) is 40.2 Å². The minimum atomic E-state index is -3.07. The lowest BCUT2D eigenvalue weighted by Gasteiger charge is -2.34. The zero-order valence-corrected chi connectivity index (χ0v) is 36.4. The summed E-state index contributed by atoms with van der Waals surface area (Å²) in [6.45, 7) is 10.7. The number of H-pyrrole nitrogens is 1. The third-order valence-electron chi connectivity index (χ3n) is 13.4. The van der Waals surface area contributed by atoms with Crippen molar-refractivity contribution in [3.8, 4) is 17.2 Å². The molecule has 2 N–H and O–H groups in total. The van der Waals surface area contributed by atoms with Gasteiger partial charge in [-0.3, -0.25) is 23.4 Å². The third kappa shape index (κ3) is 6.43. The van der Waals surface area contributed by atoms with Gasteiger partial charge in [0, 0.05) is 60.8 Å². The van der Waals surface area contributed by atoms with Gasteiger partial charge in [-0.25, -0.2) is 32.6 Å². The van der Waals surface area contributed by atoms with E-state index in [1.807, 2.05) is 17.6 Å². The van der Waals surface area contributed by atoms with Gasteiger partial charge in [0.2, 0.25) is 0 Å². The van der Waals surface area contributed by atoms with Crippen molar-refractivity contribution in [2.45, 2.75) is 82.8 Å². The van der Waals surface area contributed by atoms with E-state index in [0.717, 1.165) is 23.7 Å². The molecule has 10 rings (SSSR count). The Bertz CT molecular complexity index is 3180. The van der Waals surface area contributed by atoms with Crippen molar-refractivity contribution >= 4 is 26.5 Å². The number of rotatable bonds is 9. The second-order valence-corrected chi connectivity index (χ2v) is 19.4. The van der Waals surface area contributed by atoms with Crippen LogP contribution in [0.3, 0.4) is 0 Å². The zero-order valence-electron chi connectivity index (χ0n) is 35.6. The highest BCUT2D eigenvalue weighted by Crippen LogP contribution is 2.56. The van der Waals surface area contributed by atoms with Gasteiger partial charge in [0.25, 0.3) is 5.91 Å². The fraction of sp³-hybridized carbons (Fsp3) is 0.378. The van der Waals surface area contributed by atoms with E-state index in [1.54, 1.807) is 60.9 Å². The largest absolute Gasteiger partial charge is 0.438 e. The molecule has 18 heteroatoms. The van der Waals surface area contributed by atoms with Crippen LogP contribution in [0.4, 0.5) is 4.39 Å². The van der Waals surface area contributed by atoms with Gasteiger partial charge in [-0.05, 0) is 111 Å². The number of carbonyl (C=O) groups is 1. The molecule has 5 aromatic heterocycles. The summed E-state index contributed by atoms with van der Waals surface area (Å²) >= 11 is 0. The summed E-state index contributed by atoms with van der Waals surface area (Å²) < 4.78 is 53.2. The number of carbonyl (C=O) groups excluding carboxylic acids is 1. The van der Waals surface area contributed by atoms with Crippen molar-refractivity contribution in [2.24, 2.45) is 5.92 Å². The Hall–Kier alpha value is -6.40. The molecule has 2 aromatic carbocycles. The maximum absolute atomic E-state index is 15.4. The smallest absolute Gasteiger partial charge is 0.381 e. The van der Waals surface area contributed by atoms with Crippen LogP contribution < -0.4 is 11.4 Å². The Morgan fingerprint density at radius 3 is 2.40 bits per heavy atom. The number of pyridine rings is 1. The second-order valence-electron chi connectivity index (χ2n) is 17.1. The molecule has 63 heavy (non-hydrogen) atoms. The number of hydrogen-bond acceptors (Lipinski definition) is 10. The molecule has 2 fully saturated rings. The predicted octanol–water partition coefficient (Wildman–Crippen LogP) is 6.46. The summed E-state index contributed by atoms with van der Waals surface area (Å²) in [6.07, 6.45) is 7.42. The van der Waals surface area contributed by atoms with E-state index in [1.165, 1.54) is 27.0 Å². The summed E-state index contributed by atoms with van der Waals surface area (Å²) in [5.74, 6) is -0.0670. The highest BCUT2D eigenvalue weighted by molar-refractivity contribution is 7.92. The van der Waals surface area contributed by atoms with Crippen molar-refractivity contribution in [3.05, 3.63) is 133 Å². The molecule has 1 saturated heterocycles. The van der Waals surface area contributed by atoms with Crippen LogP contribution in [0.15, 0.2) is 86.3 Å². The lowest BCUT2D eigenvalue weighted by atomic mass is 9.91. The summed E-state index contributed by atoms with van der Waals surface area (Å²) in [4.78, 5) is 51.2. The quantitative estimate of drug-likeness (QED) is 0.164. The first kappa shape index (κ1) is 40.7. The van der Waals surface area contributed by atoms with Crippen molar-refractivity contribution in [1.82, 2.24) is 43.5 Å². The minimum Gasteiger partial charge on any atom is -0.381 e. The van der Waals surface area contributed by atoms with Crippen molar-refractivity contribution < 1.29 is 22.7 Å². The van der Waals surface area contributed by atoms with Gasteiger partial charge in [0.15, 0.2) is 5.82 Å². The van der Waals surface area contributed by atoms with E-state index < -0.39 is 32.8 Å². The minimum absolute atomic E-state index is 0.0124. The first-order valence-electron chi connectivity index (χ1n) is 21.2. The standard InChI is InChI=1S/C45H47FN10O6S/c1-6-63(47,60)37-10-8-32(24-48-37)53-15-16-54(44(53)59)40-38-28(5)52(14-11-34(38)50-56(40)33-19-25(2)39(46)26(3)20-33)41(57)36-22-31-21-30(29-12-17-61-18-13-29)7-9-35(31)55(36)45(23-27(45)4)42-49-43(58)62-51-42/h7-10,15-16,19-22,24,27-29,47H,6,11-14,17-18,23H2,1-5H3,(H,49,51,58)/t27-,28-,45-,63-/m0/s1. The van der Waals surface area contributed by atoms with Crippen LogP contribution in [-0.4, -0.2) is 79.1 Å². The molecule has 0 radical (unpaired) electrons. The number of fused-ring (bicyclic) bond motifs is 2. The number of nitrogens with zero attached hydrogens (tertiary/aromatic N) is 8. The van der Waals surface area contributed by atoms with Crippen LogP contribution in [0, 0.1) is 30.4 Å². The Balaban J connectivity index is 1.11. The lowest BCUT2D eigenvalue weighted by Crippen LogP contribution is -2.41. The number of nitrogens with one attached hydrogen (secondary N) is 2. The fourth-order valence-corrected chi connectivity index (χ4v) is 10.6. The highest BCUT2D eigenvalue weighted by atomic mass is 32.2. The first-order chi connectivity index (χ1) is 30.2. The number of hydrogen-bond donors (Lipinski definition) is 2. The maximum atomic E-state index is 15.4. The molecule has 326 valence electrons. The van der Waals surface area contributed by atoms with Crippen molar-refractivity contribution in [3.63, 3.8) is 0 Å². The van der Waals surface area contributed by atoms with Gasteiger partial charge >= 0.3 is 11.4 Å². The molecule has 4 atom stereocenters. The van der Waals surface area contributed by atoms with Crippen LogP contribution >= 0.6 is 0 Å². The van der Waals surface area contributed by atoms with Gasteiger partial charge in [0.1, 0.15) is 27.9 Å². The normalized spacial score (nSPS) is 21.1. The summed E-state index contributed by atoms with van der Waals surface area (Å²) in [7, 11) is -3.07. The average molecular weight is 875 g/mol. The number of imidazole rings is 1. The van der Waals surface area contributed by atoms with Crippen molar-refractivity contribution in [1.29, 1.82) is 4.78 Å². The zero-order chi connectivity index (χ0) is 44.1. The van der Waals surface area contributed by atoms with E-state index in [0.29, 0.717) is 89.6 Å². The monoisotopic (exact) mass is 874 g/mol. The number of amides is 1. The lowest BCUT2D eigenvalue weighted by molar-refractivity contribution is 0.0663. The number of ether oxygens (including phenoxy) is 1. The Morgan fingerprint density at radius 1 is 1.02 bits per heavy atom. The van der Waals surface area contributed by atoms with Gasteiger partial charge in [-0.1, -0.05) is 25.1 Å². The molecule has 7 heterocycles. The molecular formula is C45H47FN10O6S. The first-order valence-corrected chi connectivity index (χ1v) is 23.0. The van der Waals surface area contributed by atoms with E-state index in [-0.39, 0.29) is 28.4 Å². The average Bonchev–Trinajstić information content (AvgIpc) is 3.78. The van der Waals surface area contributed by atoms with E-state index >= 15 is 9.18 Å². The molecule has 1 saturated carbocycles. The van der Waals surface area contributed by atoms with Crippen LogP contribution in [0.25, 0.3) is 28.1 Å². The van der Waals surface area contributed by atoms with Gasteiger partial charge in [-0.15, -0.1) is 0 Å². The van der Waals surface area contributed by atoms with Crippen LogP contribution in [0.5, 0.6) is 0 Å². The Kier molecular flexibility index (Phi) is 9.59. The molecule has 2 aliphatic heterocycles. The van der Waals surface area contributed by atoms with Gasteiger partial charge < -0.3 is 14.2 Å². The molecule has 0 bridgehead atoms.